The van der Waals surface area contributed by atoms with Gasteiger partial charge in [-0.1, -0.05) is 0 Å². The lowest BCUT2D eigenvalue weighted by Crippen LogP contribution is -2.30. The van der Waals surface area contributed by atoms with Crippen LogP contribution in [0.3, 0.4) is 0 Å². The molecule has 0 saturated carbocycles. The van der Waals surface area contributed by atoms with Crippen LogP contribution >= 0.6 is 11.3 Å². The minimum Gasteiger partial charge on any atom is -0.493 e. The molecule has 6 rings (SSSR count). The number of alkyl halides is 2. The van der Waals surface area contributed by atoms with E-state index in [0.29, 0.717) is 35.7 Å². The molecule has 31 heavy (non-hydrogen) atoms. The molecule has 1 amide bonds. The molecule has 0 fully saturated rings. The highest BCUT2D eigenvalue weighted by Gasteiger charge is 2.44. The van der Waals surface area contributed by atoms with Gasteiger partial charge in [0.1, 0.15) is 11.6 Å². The van der Waals surface area contributed by atoms with Gasteiger partial charge < -0.3 is 19.5 Å². The molecule has 0 unspecified atom stereocenters. The molecule has 0 atom stereocenters. The van der Waals surface area contributed by atoms with E-state index < -0.39 is 6.29 Å². The van der Waals surface area contributed by atoms with Crippen LogP contribution in [0.25, 0.3) is 10.4 Å². The number of amides is 1. The van der Waals surface area contributed by atoms with Crippen molar-refractivity contribution in [2.45, 2.75) is 19.1 Å². The summed E-state index contributed by atoms with van der Waals surface area (Å²) in [5.41, 5.74) is 3.91. The second-order valence-corrected chi connectivity index (χ2v) is 8.32. The van der Waals surface area contributed by atoms with Crippen LogP contribution in [0.15, 0.2) is 46.8 Å². The minimum absolute atomic E-state index is 0.0336. The lowest BCUT2D eigenvalue weighted by molar-refractivity contribution is -0.286. The van der Waals surface area contributed by atoms with E-state index in [1.54, 1.807) is 5.38 Å². The van der Waals surface area contributed by atoms with Gasteiger partial charge in [0.2, 0.25) is 0 Å². The normalized spacial score (nSPS) is 17.0. The number of amidine groups is 1. The van der Waals surface area contributed by atoms with Crippen molar-refractivity contribution in [1.29, 1.82) is 0 Å². The molecule has 0 radical (unpaired) electrons. The second-order valence-electron chi connectivity index (χ2n) is 7.41. The fourth-order valence-electron chi connectivity index (χ4n) is 3.86. The van der Waals surface area contributed by atoms with Crippen molar-refractivity contribution in [3.63, 3.8) is 0 Å². The molecule has 0 saturated heterocycles. The van der Waals surface area contributed by atoms with Crippen LogP contribution in [0, 0.1) is 0 Å². The molecular weight excluding hydrogens is 426 g/mol. The van der Waals surface area contributed by atoms with Crippen molar-refractivity contribution in [3.8, 4) is 27.7 Å². The first-order valence-electron chi connectivity index (χ1n) is 9.60. The molecule has 0 aliphatic carbocycles. The average molecular weight is 440 g/mol. The quantitative estimate of drug-likeness (QED) is 0.628. The monoisotopic (exact) mass is 440 g/mol. The van der Waals surface area contributed by atoms with Gasteiger partial charge in [0, 0.05) is 29.2 Å². The van der Waals surface area contributed by atoms with E-state index in [9.17, 15) is 13.6 Å². The number of nitrogens with zero attached hydrogens (tertiary/aromatic N) is 1. The van der Waals surface area contributed by atoms with Crippen molar-refractivity contribution in [1.82, 2.24) is 5.32 Å². The lowest BCUT2D eigenvalue weighted by Gasteiger charge is -2.04. The summed E-state index contributed by atoms with van der Waals surface area (Å²) in [6.07, 6.45) is -2.47. The van der Waals surface area contributed by atoms with Gasteiger partial charge in [-0.2, -0.15) is 0 Å². The van der Waals surface area contributed by atoms with E-state index >= 15 is 0 Å². The van der Waals surface area contributed by atoms with Crippen LogP contribution < -0.4 is 19.5 Å². The molecule has 6 nitrogen and oxygen atoms in total. The van der Waals surface area contributed by atoms with Crippen molar-refractivity contribution >= 4 is 28.8 Å². The number of halogens is 2. The van der Waals surface area contributed by atoms with Crippen LogP contribution in [0.5, 0.6) is 17.2 Å². The van der Waals surface area contributed by atoms with Crippen LogP contribution in [-0.4, -0.2) is 24.6 Å². The summed E-state index contributed by atoms with van der Waals surface area (Å²) < 4.78 is 40.9. The van der Waals surface area contributed by atoms with Crippen LogP contribution in [0.2, 0.25) is 0 Å². The number of rotatable bonds is 2. The third kappa shape index (κ3) is 3.21. The van der Waals surface area contributed by atoms with E-state index in [2.05, 4.69) is 25.8 Å². The molecule has 1 N–H and O–H groups in total. The number of hydrogen-bond donors (Lipinski definition) is 1. The number of fused-ring (bicyclic) bond motifs is 3. The topological polar surface area (TPSA) is 69.2 Å². The maximum atomic E-state index is 13.2. The molecule has 9 heteroatoms. The molecular formula is C22H14F2N2O4S. The standard InChI is InChI=1S/C22H14F2N2O4S/c23-22(24)29-17-6-13-8-20(25-15(13)9-18(17)30-22)26-21(27)14-7-19(31-10-14)12-1-2-16-11(5-12)3-4-28-16/h1-2,5-7,9-10H,3-4,8H2,(H,25,26,27). The Bertz CT molecular complexity index is 1280. The first-order valence-corrected chi connectivity index (χ1v) is 10.5. The van der Waals surface area contributed by atoms with Gasteiger partial charge in [0.05, 0.1) is 17.9 Å². The molecule has 3 aliphatic heterocycles. The Morgan fingerprint density at radius 1 is 1.06 bits per heavy atom. The molecule has 3 aromatic rings. The Kier molecular flexibility index (Phi) is 3.85. The number of nitrogens with one attached hydrogen (secondary N) is 1. The van der Waals surface area contributed by atoms with Crippen LogP contribution in [0.4, 0.5) is 14.5 Å². The molecule has 3 aliphatic rings. The lowest BCUT2D eigenvalue weighted by atomic mass is 10.1. The van der Waals surface area contributed by atoms with Crippen LogP contribution in [0.1, 0.15) is 21.5 Å². The van der Waals surface area contributed by atoms with E-state index in [0.717, 1.165) is 22.6 Å². The summed E-state index contributed by atoms with van der Waals surface area (Å²) in [5, 5.41) is 4.61. The van der Waals surface area contributed by atoms with Crippen molar-refractivity contribution in [2.75, 3.05) is 6.61 Å². The summed E-state index contributed by atoms with van der Waals surface area (Å²) in [5.74, 6) is 0.988. The van der Waals surface area contributed by atoms with Crippen LogP contribution in [-0.2, 0) is 12.8 Å². The second kappa shape index (κ2) is 6.52. The molecule has 1 aromatic heterocycles. The zero-order valence-corrected chi connectivity index (χ0v) is 16.7. The minimum atomic E-state index is -3.67. The van der Waals surface area contributed by atoms with Gasteiger partial charge in [0.25, 0.3) is 5.91 Å². The van der Waals surface area contributed by atoms with E-state index in [1.165, 1.54) is 29.0 Å². The Morgan fingerprint density at radius 3 is 2.77 bits per heavy atom. The molecule has 0 spiro atoms. The molecule has 0 bridgehead atoms. The fraction of sp³-hybridized carbons (Fsp3) is 0.182. The van der Waals surface area contributed by atoms with E-state index in [4.69, 9.17) is 4.74 Å². The highest BCUT2D eigenvalue weighted by Crippen LogP contribution is 2.45. The zero-order chi connectivity index (χ0) is 21.2. The number of hydrogen-bond acceptors (Lipinski definition) is 6. The van der Waals surface area contributed by atoms with Crippen molar-refractivity contribution < 1.29 is 27.8 Å². The third-order valence-electron chi connectivity index (χ3n) is 5.31. The van der Waals surface area contributed by atoms with Gasteiger partial charge in [0.15, 0.2) is 11.5 Å². The Labute approximate surface area is 179 Å². The fourth-order valence-corrected chi connectivity index (χ4v) is 4.75. The number of aliphatic imine (C=N–C) groups is 1. The summed E-state index contributed by atoms with van der Waals surface area (Å²) in [4.78, 5) is 18.0. The first-order chi connectivity index (χ1) is 14.9. The molecule has 2 aromatic carbocycles. The third-order valence-corrected chi connectivity index (χ3v) is 6.29. The summed E-state index contributed by atoms with van der Waals surface area (Å²) in [7, 11) is 0. The Balaban J connectivity index is 1.18. The Hall–Kier alpha value is -3.46. The molecule has 4 heterocycles. The van der Waals surface area contributed by atoms with E-state index in [-0.39, 0.29) is 17.4 Å². The predicted molar refractivity (Wildman–Crippen MR) is 110 cm³/mol. The van der Waals surface area contributed by atoms with Gasteiger partial charge in [-0.3, -0.25) is 4.79 Å². The first kappa shape index (κ1) is 18.3. The largest absolute Gasteiger partial charge is 0.586 e. The highest BCUT2D eigenvalue weighted by molar-refractivity contribution is 7.13. The SMILES string of the molecule is O=C(NC1=Nc2cc3c(cc2C1)OC(F)(F)O3)c1csc(-c2ccc3c(c2)CCO3)c1. The predicted octanol–water partition coefficient (Wildman–Crippen LogP) is 4.69. The average Bonchev–Trinajstić information content (AvgIpc) is 3.49. The summed E-state index contributed by atoms with van der Waals surface area (Å²) in [6, 6.07) is 10.8. The van der Waals surface area contributed by atoms with Gasteiger partial charge in [-0.25, -0.2) is 4.99 Å². The Morgan fingerprint density at radius 2 is 1.90 bits per heavy atom. The van der Waals surface area contributed by atoms with E-state index in [1.807, 2.05) is 18.2 Å². The summed E-state index contributed by atoms with van der Waals surface area (Å²) >= 11 is 1.49. The number of benzene rings is 2. The van der Waals surface area contributed by atoms with Crippen molar-refractivity contribution in [2.24, 2.45) is 4.99 Å². The molecule has 156 valence electrons. The zero-order valence-electron chi connectivity index (χ0n) is 15.9. The number of thiophene rings is 1. The number of carbonyl (C=O) groups is 1. The van der Waals surface area contributed by atoms with Gasteiger partial charge in [-0.15, -0.1) is 20.1 Å². The van der Waals surface area contributed by atoms with Gasteiger partial charge in [-0.05, 0) is 47.0 Å². The van der Waals surface area contributed by atoms with Crippen molar-refractivity contribution in [3.05, 3.63) is 58.5 Å². The van der Waals surface area contributed by atoms with Gasteiger partial charge >= 0.3 is 6.29 Å². The summed E-state index contributed by atoms with van der Waals surface area (Å²) in [6.45, 7) is 0.699. The highest BCUT2D eigenvalue weighted by atomic mass is 32.1. The maximum absolute atomic E-state index is 13.2. The smallest absolute Gasteiger partial charge is 0.493 e. The number of ether oxygens (including phenoxy) is 3. The maximum Gasteiger partial charge on any atom is 0.586 e. The number of carbonyl (C=O) groups excluding carboxylic acids is 1.